The number of aliphatic hydroxyl groups is 1. The normalized spacial score (nSPS) is 17.5. The van der Waals surface area contributed by atoms with Gasteiger partial charge in [-0.2, -0.15) is 0 Å². The molecule has 1 aliphatic rings. The molecule has 0 bridgehead atoms. The van der Waals surface area contributed by atoms with Gasteiger partial charge in [-0.05, 0) is 24.8 Å². The Morgan fingerprint density at radius 1 is 1.47 bits per heavy atom. The highest BCUT2D eigenvalue weighted by molar-refractivity contribution is 5.46. The Kier molecular flexibility index (Phi) is 3.94. The minimum atomic E-state index is -0.388. The third-order valence-corrected chi connectivity index (χ3v) is 3.57. The smallest absolute Gasteiger partial charge is 0.142 e. The summed E-state index contributed by atoms with van der Waals surface area (Å²) in [5.74, 6) is 1.15. The summed E-state index contributed by atoms with van der Waals surface area (Å²) in [7, 11) is 0. The third-order valence-electron chi connectivity index (χ3n) is 3.57. The molecule has 1 aromatic rings. The van der Waals surface area contributed by atoms with E-state index in [2.05, 4.69) is 16.8 Å². The number of pyridine rings is 1. The van der Waals surface area contributed by atoms with Crippen molar-refractivity contribution >= 4 is 5.82 Å². The van der Waals surface area contributed by atoms with E-state index in [1.165, 1.54) is 18.7 Å². The quantitative estimate of drug-likeness (QED) is 0.878. The van der Waals surface area contributed by atoms with Crippen LogP contribution in [0.2, 0.25) is 0 Å². The Labute approximate surface area is 101 Å². The zero-order valence-corrected chi connectivity index (χ0v) is 10.2. The maximum atomic E-state index is 13.0. The number of aromatic nitrogens is 1. The lowest BCUT2D eigenvalue weighted by atomic mass is 9.94. The van der Waals surface area contributed by atoms with Gasteiger partial charge in [-0.25, -0.2) is 9.37 Å². The molecule has 0 atom stereocenters. The van der Waals surface area contributed by atoms with E-state index >= 15 is 0 Å². The van der Waals surface area contributed by atoms with Gasteiger partial charge < -0.3 is 10.0 Å². The largest absolute Gasteiger partial charge is 0.392 e. The zero-order chi connectivity index (χ0) is 12.3. The molecule has 0 aliphatic carbocycles. The van der Waals surface area contributed by atoms with E-state index in [4.69, 9.17) is 0 Å². The van der Waals surface area contributed by atoms with E-state index in [0.717, 1.165) is 37.7 Å². The van der Waals surface area contributed by atoms with Gasteiger partial charge in [0.2, 0.25) is 0 Å². The van der Waals surface area contributed by atoms with Crippen molar-refractivity contribution in [1.29, 1.82) is 0 Å². The van der Waals surface area contributed by atoms with Crippen molar-refractivity contribution in [3.8, 4) is 0 Å². The summed E-state index contributed by atoms with van der Waals surface area (Å²) in [6, 6.07) is 1.37. The van der Waals surface area contributed by atoms with Crippen LogP contribution in [0.3, 0.4) is 0 Å². The Bertz CT molecular complexity index is 376. The van der Waals surface area contributed by atoms with E-state index in [0.29, 0.717) is 5.56 Å². The monoisotopic (exact) mass is 238 g/mol. The SMILES string of the molecule is CCC1CCN(c2ncc(F)cc2CO)CC1. The summed E-state index contributed by atoms with van der Waals surface area (Å²) in [5, 5.41) is 9.24. The highest BCUT2D eigenvalue weighted by Gasteiger charge is 2.20. The number of piperidine rings is 1. The summed E-state index contributed by atoms with van der Waals surface area (Å²) in [5.41, 5.74) is 0.583. The fourth-order valence-corrected chi connectivity index (χ4v) is 2.43. The molecular formula is C13H19FN2O. The van der Waals surface area contributed by atoms with Gasteiger partial charge in [0.25, 0.3) is 0 Å². The van der Waals surface area contributed by atoms with Gasteiger partial charge in [0.15, 0.2) is 0 Å². The van der Waals surface area contributed by atoms with Crippen LogP contribution in [0.15, 0.2) is 12.3 Å². The number of halogens is 1. The van der Waals surface area contributed by atoms with E-state index in [9.17, 15) is 9.50 Å². The van der Waals surface area contributed by atoms with Gasteiger partial charge in [-0.1, -0.05) is 13.3 Å². The molecule has 3 nitrogen and oxygen atoms in total. The van der Waals surface area contributed by atoms with Crippen LogP contribution in [-0.4, -0.2) is 23.2 Å². The molecule has 0 aromatic carbocycles. The molecule has 0 amide bonds. The highest BCUT2D eigenvalue weighted by atomic mass is 19.1. The van der Waals surface area contributed by atoms with Crippen LogP contribution in [0, 0.1) is 11.7 Å². The second-order valence-corrected chi connectivity index (χ2v) is 4.63. The van der Waals surface area contributed by atoms with Crippen molar-refractivity contribution in [1.82, 2.24) is 4.98 Å². The second kappa shape index (κ2) is 5.45. The van der Waals surface area contributed by atoms with E-state index in [-0.39, 0.29) is 12.4 Å². The van der Waals surface area contributed by atoms with Gasteiger partial charge in [0.1, 0.15) is 11.6 Å². The average Bonchev–Trinajstić information content (AvgIpc) is 2.39. The van der Waals surface area contributed by atoms with E-state index < -0.39 is 0 Å². The maximum absolute atomic E-state index is 13.0. The highest BCUT2D eigenvalue weighted by Crippen LogP contribution is 2.26. The van der Waals surface area contributed by atoms with Crippen LogP contribution in [0.4, 0.5) is 10.2 Å². The first-order valence-corrected chi connectivity index (χ1v) is 6.24. The number of rotatable bonds is 3. The molecule has 1 N–H and O–H groups in total. The molecule has 0 saturated carbocycles. The number of hydrogen-bond donors (Lipinski definition) is 1. The second-order valence-electron chi connectivity index (χ2n) is 4.63. The molecule has 0 radical (unpaired) electrons. The molecule has 1 aromatic heterocycles. The molecule has 1 aliphatic heterocycles. The minimum absolute atomic E-state index is 0.159. The van der Waals surface area contributed by atoms with E-state index in [1.54, 1.807) is 0 Å². The van der Waals surface area contributed by atoms with Crippen molar-refractivity contribution < 1.29 is 9.50 Å². The Morgan fingerprint density at radius 3 is 2.76 bits per heavy atom. The minimum Gasteiger partial charge on any atom is -0.392 e. The summed E-state index contributed by atoms with van der Waals surface area (Å²) in [4.78, 5) is 6.26. The molecular weight excluding hydrogens is 219 g/mol. The first kappa shape index (κ1) is 12.3. The fourth-order valence-electron chi connectivity index (χ4n) is 2.43. The lowest BCUT2D eigenvalue weighted by Gasteiger charge is -2.33. The Morgan fingerprint density at radius 2 is 2.18 bits per heavy atom. The van der Waals surface area contributed by atoms with E-state index in [1.807, 2.05) is 0 Å². The predicted octanol–water partition coefficient (Wildman–Crippen LogP) is 2.34. The van der Waals surface area contributed by atoms with Crippen molar-refractivity contribution in [3.05, 3.63) is 23.6 Å². The lowest BCUT2D eigenvalue weighted by Crippen LogP contribution is -2.34. The van der Waals surface area contributed by atoms with Crippen molar-refractivity contribution in [3.63, 3.8) is 0 Å². The lowest BCUT2D eigenvalue weighted by molar-refractivity contribution is 0.280. The van der Waals surface area contributed by atoms with Crippen LogP contribution in [0.25, 0.3) is 0 Å². The molecule has 4 heteroatoms. The maximum Gasteiger partial charge on any atom is 0.142 e. The van der Waals surface area contributed by atoms with Crippen molar-refractivity contribution in [2.24, 2.45) is 5.92 Å². The standard InChI is InChI=1S/C13H19FN2O/c1-2-10-3-5-16(6-4-10)13-11(9-17)7-12(14)8-15-13/h7-8,10,17H,2-6,9H2,1H3. The van der Waals surface area contributed by atoms with Gasteiger partial charge in [0.05, 0.1) is 12.8 Å². The predicted molar refractivity (Wildman–Crippen MR) is 65.3 cm³/mol. The number of hydrogen-bond acceptors (Lipinski definition) is 3. The molecule has 0 spiro atoms. The third kappa shape index (κ3) is 2.75. The number of anilines is 1. The van der Waals surface area contributed by atoms with Gasteiger partial charge in [0, 0.05) is 18.7 Å². The summed E-state index contributed by atoms with van der Waals surface area (Å²) in [6.07, 6.45) is 4.75. The molecule has 94 valence electrons. The molecule has 1 saturated heterocycles. The molecule has 0 unspecified atom stereocenters. The van der Waals surface area contributed by atoms with Crippen LogP contribution >= 0.6 is 0 Å². The number of nitrogens with zero attached hydrogens (tertiary/aromatic N) is 2. The summed E-state index contributed by atoms with van der Waals surface area (Å²) < 4.78 is 13.0. The Hall–Kier alpha value is -1.16. The summed E-state index contributed by atoms with van der Waals surface area (Å²) in [6.45, 7) is 3.96. The van der Waals surface area contributed by atoms with Crippen LogP contribution < -0.4 is 4.90 Å². The number of aliphatic hydroxyl groups excluding tert-OH is 1. The van der Waals surface area contributed by atoms with Gasteiger partial charge >= 0.3 is 0 Å². The first-order chi connectivity index (χ1) is 8.24. The first-order valence-electron chi connectivity index (χ1n) is 6.24. The summed E-state index contributed by atoms with van der Waals surface area (Å²) >= 11 is 0. The van der Waals surface area contributed by atoms with Crippen LogP contribution in [0.5, 0.6) is 0 Å². The fraction of sp³-hybridized carbons (Fsp3) is 0.615. The van der Waals surface area contributed by atoms with Crippen molar-refractivity contribution in [2.45, 2.75) is 32.8 Å². The topological polar surface area (TPSA) is 36.4 Å². The molecule has 17 heavy (non-hydrogen) atoms. The van der Waals surface area contributed by atoms with Crippen LogP contribution in [-0.2, 0) is 6.61 Å². The molecule has 2 heterocycles. The average molecular weight is 238 g/mol. The van der Waals surface area contributed by atoms with Gasteiger partial charge in [-0.3, -0.25) is 0 Å². The zero-order valence-electron chi connectivity index (χ0n) is 10.2. The molecule has 1 fully saturated rings. The van der Waals surface area contributed by atoms with Crippen molar-refractivity contribution in [2.75, 3.05) is 18.0 Å². The van der Waals surface area contributed by atoms with Gasteiger partial charge in [-0.15, -0.1) is 0 Å². The molecule has 2 rings (SSSR count). The Balaban J connectivity index is 2.12. The van der Waals surface area contributed by atoms with Crippen LogP contribution in [0.1, 0.15) is 31.7 Å².